The summed E-state index contributed by atoms with van der Waals surface area (Å²) >= 11 is 3.34. The molecule has 5 rings (SSSR count). The molecule has 0 spiro atoms. The van der Waals surface area contributed by atoms with Gasteiger partial charge >= 0.3 is 0 Å². The number of phenols is 1. The quantitative estimate of drug-likeness (QED) is 0.154. The number of ketones is 2. The molecule has 2 amide bonds. The van der Waals surface area contributed by atoms with E-state index in [0.29, 0.717) is 11.1 Å². The highest BCUT2D eigenvalue weighted by Gasteiger charge is 2.64. The summed E-state index contributed by atoms with van der Waals surface area (Å²) < 4.78 is 0. The van der Waals surface area contributed by atoms with E-state index in [-0.39, 0.29) is 46.6 Å². The minimum atomic E-state index is -2.72. The van der Waals surface area contributed by atoms with Gasteiger partial charge in [0, 0.05) is 11.5 Å². The molecule has 222 valence electrons. The van der Waals surface area contributed by atoms with Crippen LogP contribution in [0.25, 0.3) is 5.76 Å². The lowest BCUT2D eigenvalue weighted by atomic mass is 9.57. The van der Waals surface area contributed by atoms with E-state index in [9.17, 15) is 39.6 Å². The number of aromatic hydroxyl groups is 1. The highest BCUT2D eigenvalue weighted by Crippen LogP contribution is 2.53. The van der Waals surface area contributed by atoms with E-state index < -0.39 is 74.5 Å². The number of hydrogen-bond donors (Lipinski definition) is 6. The van der Waals surface area contributed by atoms with Crippen molar-refractivity contribution in [1.29, 1.82) is 0 Å². The summed E-state index contributed by atoms with van der Waals surface area (Å²) in [5, 5.41) is 47.7. The van der Waals surface area contributed by atoms with E-state index in [1.165, 1.54) is 25.1 Å². The highest BCUT2D eigenvalue weighted by molar-refractivity contribution is 9.09. The number of hydrogen-bond acceptors (Lipinski definition) is 9. The van der Waals surface area contributed by atoms with E-state index in [1.807, 2.05) is 0 Å². The van der Waals surface area contributed by atoms with Crippen LogP contribution < -0.4 is 11.1 Å². The number of nitrogens with zero attached hydrogens (tertiary/aromatic N) is 1. The van der Waals surface area contributed by atoms with Gasteiger partial charge in [0.2, 0.25) is 11.7 Å². The average Bonchev–Trinajstić information content (AvgIpc) is 2.91. The summed E-state index contributed by atoms with van der Waals surface area (Å²) in [6.07, 6.45) is 0.148. The van der Waals surface area contributed by atoms with Gasteiger partial charge in [-0.05, 0) is 50.0 Å². The van der Waals surface area contributed by atoms with Gasteiger partial charge in [-0.1, -0.05) is 52.3 Å². The zero-order valence-corrected chi connectivity index (χ0v) is 25.8. The van der Waals surface area contributed by atoms with Gasteiger partial charge in [-0.2, -0.15) is 0 Å². The van der Waals surface area contributed by atoms with E-state index in [2.05, 4.69) is 21.2 Å². The molecule has 3 unspecified atom stereocenters. The molecular formula is C29H29Br2N3O8. The highest BCUT2D eigenvalue weighted by atomic mass is 79.9. The number of likely N-dealkylation sites (N-methyl/N-ethyl adjacent to an activating group) is 1. The third kappa shape index (κ3) is 4.64. The molecule has 11 nitrogen and oxygen atoms in total. The fraction of sp³-hybridized carbons (Fsp3) is 0.310. The number of benzene rings is 2. The number of Topliss-reactive ketones (excluding diaryl/α,β-unsaturated/α-hetero) is 2. The first-order valence-corrected chi connectivity index (χ1v) is 13.7. The second kappa shape index (κ2) is 11.3. The molecule has 7 N–H and O–H groups in total. The molecule has 13 heteroatoms. The Hall–Kier alpha value is -3.52. The maximum absolute atomic E-state index is 13.9. The van der Waals surface area contributed by atoms with Crippen molar-refractivity contribution in [2.75, 3.05) is 19.4 Å². The second-order valence-electron chi connectivity index (χ2n) is 10.7. The first-order chi connectivity index (χ1) is 19.3. The summed E-state index contributed by atoms with van der Waals surface area (Å²) in [6, 6.07) is 10.8. The van der Waals surface area contributed by atoms with Crippen LogP contribution in [0.4, 0.5) is 5.69 Å². The van der Waals surface area contributed by atoms with Gasteiger partial charge in [-0.3, -0.25) is 24.1 Å². The van der Waals surface area contributed by atoms with Gasteiger partial charge in [0.1, 0.15) is 27.7 Å². The molecule has 2 aromatic carbocycles. The van der Waals surface area contributed by atoms with Crippen LogP contribution in [-0.4, -0.2) is 74.4 Å². The number of phenolic OH excluding ortho intramolecular Hbond substituents is 1. The second-order valence-corrected chi connectivity index (χ2v) is 11.6. The molecule has 0 heterocycles. The molecule has 0 bridgehead atoms. The number of alkyl halides is 1. The number of halogens is 2. The standard InChI is InChI=1S/C29H28BrN3O8.BrH/c1-33(2)21-15-11-14-10-13-8-9-16(32-28(40)20(30)12-6-4-3-5-7-12)22(34)17(13)23(35)18(14)25(37)29(15,41)26(38)19(24(21)36)27(31)39;/h3-9,14-15,20-21,34-35,38,41H,10-11H2,1-2H3,(H2,31,39)(H,32,40);1H/t14?,15?,20?,21-,29-;/m0./s1. The third-order valence-electron chi connectivity index (χ3n) is 8.17. The Labute approximate surface area is 259 Å². The van der Waals surface area contributed by atoms with Crippen molar-refractivity contribution in [2.24, 2.45) is 17.6 Å². The van der Waals surface area contributed by atoms with Crippen molar-refractivity contribution < 1.29 is 39.6 Å². The number of aliphatic hydroxyl groups is 3. The van der Waals surface area contributed by atoms with E-state index >= 15 is 0 Å². The Balaban J connectivity index is 0.00000405. The number of aliphatic hydroxyl groups excluding tert-OH is 2. The molecule has 0 radical (unpaired) electrons. The molecular weight excluding hydrogens is 678 g/mol. The van der Waals surface area contributed by atoms with Gasteiger partial charge in [0.15, 0.2) is 11.4 Å². The molecule has 5 atom stereocenters. The molecule has 42 heavy (non-hydrogen) atoms. The molecule has 3 aliphatic rings. The van der Waals surface area contributed by atoms with Crippen molar-refractivity contribution >= 4 is 67.7 Å². The average molecular weight is 707 g/mol. The van der Waals surface area contributed by atoms with E-state index in [1.54, 1.807) is 36.4 Å². The first-order valence-electron chi connectivity index (χ1n) is 12.8. The summed E-state index contributed by atoms with van der Waals surface area (Å²) in [5.74, 6) is -7.80. The molecule has 0 aromatic heterocycles. The number of carbonyl (C=O) groups excluding carboxylic acids is 4. The minimum Gasteiger partial charge on any atom is -0.508 e. The van der Waals surface area contributed by atoms with Crippen LogP contribution in [-0.2, 0) is 25.6 Å². The lowest BCUT2D eigenvalue weighted by Gasteiger charge is -2.50. The maximum Gasteiger partial charge on any atom is 0.255 e. The van der Waals surface area contributed by atoms with Gasteiger partial charge in [-0.25, -0.2) is 0 Å². The molecule has 3 aliphatic carbocycles. The van der Waals surface area contributed by atoms with Crippen LogP contribution in [0.15, 0.2) is 59.4 Å². The molecule has 2 aromatic rings. The van der Waals surface area contributed by atoms with Crippen LogP contribution in [0.5, 0.6) is 5.75 Å². The van der Waals surface area contributed by atoms with E-state index in [0.717, 1.165) is 0 Å². The SMILES string of the molecule is Br.CN(C)[C@@H]1C(=O)C(C(N)=O)=C(O)[C@@]2(O)C(=O)C3=C(O)c4c(ccc(NC(=O)C(Br)c5ccccc5)c4O)CC3CC12. The Bertz CT molecular complexity index is 1570. The zero-order valence-electron chi connectivity index (χ0n) is 22.5. The van der Waals surface area contributed by atoms with Crippen LogP contribution in [0.1, 0.15) is 27.9 Å². The first kappa shape index (κ1) is 31.4. The summed E-state index contributed by atoms with van der Waals surface area (Å²) in [7, 11) is 3.08. The fourth-order valence-corrected chi connectivity index (χ4v) is 6.71. The lowest BCUT2D eigenvalue weighted by molar-refractivity contribution is -0.153. The topological polar surface area (TPSA) is 190 Å². The Kier molecular flexibility index (Phi) is 8.44. The smallest absolute Gasteiger partial charge is 0.255 e. The number of rotatable bonds is 5. The predicted octanol–water partition coefficient (Wildman–Crippen LogP) is 2.62. The molecule has 0 aliphatic heterocycles. The summed E-state index contributed by atoms with van der Waals surface area (Å²) in [4.78, 5) is 52.7. The predicted molar refractivity (Wildman–Crippen MR) is 161 cm³/mol. The Morgan fingerprint density at radius 3 is 2.33 bits per heavy atom. The third-order valence-corrected chi connectivity index (χ3v) is 9.12. The van der Waals surface area contributed by atoms with Crippen LogP contribution in [0, 0.1) is 11.8 Å². The normalized spacial score (nSPS) is 25.7. The fourth-order valence-electron chi connectivity index (χ4n) is 6.29. The van der Waals surface area contributed by atoms with Crippen LogP contribution in [0.2, 0.25) is 0 Å². The van der Waals surface area contributed by atoms with Gasteiger partial charge < -0.3 is 31.5 Å². The van der Waals surface area contributed by atoms with Crippen LogP contribution >= 0.6 is 32.9 Å². The largest absolute Gasteiger partial charge is 0.508 e. The Morgan fingerprint density at radius 1 is 1.10 bits per heavy atom. The minimum absolute atomic E-state index is 0. The summed E-state index contributed by atoms with van der Waals surface area (Å²) in [6.45, 7) is 0. The van der Waals surface area contributed by atoms with Gasteiger partial charge in [-0.15, -0.1) is 17.0 Å². The number of anilines is 1. The number of primary amides is 1. The van der Waals surface area contributed by atoms with E-state index in [4.69, 9.17) is 5.73 Å². The van der Waals surface area contributed by atoms with Crippen molar-refractivity contribution in [3.8, 4) is 5.75 Å². The van der Waals surface area contributed by atoms with Gasteiger partial charge in [0.05, 0.1) is 17.3 Å². The van der Waals surface area contributed by atoms with Crippen molar-refractivity contribution in [2.45, 2.75) is 29.3 Å². The zero-order chi connectivity index (χ0) is 30.0. The van der Waals surface area contributed by atoms with Crippen molar-refractivity contribution in [1.82, 2.24) is 4.90 Å². The molecule has 1 saturated carbocycles. The lowest BCUT2D eigenvalue weighted by Crippen LogP contribution is -2.65. The molecule has 1 fully saturated rings. The number of carbonyl (C=O) groups is 4. The maximum atomic E-state index is 13.9. The van der Waals surface area contributed by atoms with Crippen LogP contribution in [0.3, 0.4) is 0 Å². The summed E-state index contributed by atoms with van der Waals surface area (Å²) in [5.41, 5.74) is 2.51. The number of nitrogens with one attached hydrogen (secondary N) is 1. The number of nitrogens with two attached hydrogens (primary N) is 1. The van der Waals surface area contributed by atoms with Gasteiger partial charge in [0.25, 0.3) is 5.91 Å². The number of fused-ring (bicyclic) bond motifs is 3. The Morgan fingerprint density at radius 2 is 1.74 bits per heavy atom. The monoisotopic (exact) mass is 705 g/mol. The molecule has 0 saturated heterocycles. The number of amides is 2. The van der Waals surface area contributed by atoms with Crippen molar-refractivity contribution in [3.63, 3.8) is 0 Å². The van der Waals surface area contributed by atoms with Crippen molar-refractivity contribution in [3.05, 3.63) is 76.1 Å².